The first-order valence-corrected chi connectivity index (χ1v) is 13.0. The number of aliphatic hydroxyl groups excluding tert-OH is 2. The number of nitrogens with zero attached hydrogens (tertiary/aromatic N) is 6. The van der Waals surface area contributed by atoms with Crippen molar-refractivity contribution in [3.05, 3.63) is 63.1 Å². The fraction of sp³-hybridized carbons (Fsp3) is 0.440. The van der Waals surface area contributed by atoms with E-state index in [0.717, 1.165) is 30.3 Å². The van der Waals surface area contributed by atoms with Crippen molar-refractivity contribution in [2.24, 2.45) is 20.5 Å². The third-order valence-corrected chi connectivity index (χ3v) is 7.41. The summed E-state index contributed by atoms with van der Waals surface area (Å²) in [4.78, 5) is 1.21. The normalized spacial score (nSPS) is 25.1. The van der Waals surface area contributed by atoms with E-state index in [2.05, 4.69) is 27.3 Å². The molecule has 222 valence electrons. The zero-order valence-electron chi connectivity index (χ0n) is 21.4. The Morgan fingerprint density at radius 3 is 2.51 bits per heavy atom. The predicted molar refractivity (Wildman–Crippen MR) is 142 cm³/mol. The van der Waals surface area contributed by atoms with E-state index in [0.29, 0.717) is 0 Å². The van der Waals surface area contributed by atoms with E-state index in [1.165, 1.54) is 16.8 Å². The molecule has 5 unspecified atom stereocenters. The fourth-order valence-corrected chi connectivity index (χ4v) is 5.13. The molecule has 2 aliphatic rings. The molecule has 0 aliphatic carbocycles. The van der Waals surface area contributed by atoms with Gasteiger partial charge in [0.25, 0.3) is 0 Å². The summed E-state index contributed by atoms with van der Waals surface area (Å²) in [6, 6.07) is 3.56. The average Bonchev–Trinajstić information content (AvgIpc) is 3.40. The molecule has 2 aromatic carbocycles. The Balaban J connectivity index is 1.61. The maximum atomic E-state index is 14.0. The first kappa shape index (κ1) is 31.0. The molecule has 0 bridgehead atoms. The summed E-state index contributed by atoms with van der Waals surface area (Å²) < 4.78 is 75.7. The Morgan fingerprint density at radius 1 is 1.22 bits per heavy atom. The molecule has 2 heterocycles. The number of anilines is 1. The molecule has 2 N–H and O–H groups in total. The summed E-state index contributed by atoms with van der Waals surface area (Å²) in [6.45, 7) is 3.89. The van der Waals surface area contributed by atoms with Crippen LogP contribution in [0.25, 0.3) is 0 Å². The van der Waals surface area contributed by atoms with Crippen molar-refractivity contribution in [3.8, 4) is 0 Å². The topological polar surface area (TPSA) is 106 Å². The molecular formula is C25H25Cl2F5N6O3. The Hall–Kier alpha value is -2.91. The van der Waals surface area contributed by atoms with Gasteiger partial charge in [0.15, 0.2) is 0 Å². The van der Waals surface area contributed by atoms with E-state index >= 15 is 0 Å². The summed E-state index contributed by atoms with van der Waals surface area (Å²) in [5.41, 5.74) is -1.12. The molecule has 4 rings (SSSR count). The van der Waals surface area contributed by atoms with Crippen molar-refractivity contribution in [3.63, 3.8) is 0 Å². The number of rotatable bonds is 7. The highest BCUT2D eigenvalue weighted by Crippen LogP contribution is 2.39. The van der Waals surface area contributed by atoms with Gasteiger partial charge in [-0.1, -0.05) is 28.4 Å². The van der Waals surface area contributed by atoms with Crippen molar-refractivity contribution < 1.29 is 36.9 Å². The molecule has 2 aliphatic heterocycles. The van der Waals surface area contributed by atoms with Gasteiger partial charge in [-0.25, -0.2) is 8.78 Å². The molecule has 0 saturated carbocycles. The zero-order chi connectivity index (χ0) is 30.1. The van der Waals surface area contributed by atoms with Gasteiger partial charge in [0.1, 0.15) is 40.7 Å². The quantitative estimate of drug-likeness (QED) is 0.141. The Labute approximate surface area is 241 Å². The minimum absolute atomic E-state index is 0.0181. The first-order valence-electron chi connectivity index (χ1n) is 12.2. The third kappa shape index (κ3) is 6.78. The maximum Gasteiger partial charge on any atom is 0.418 e. The van der Waals surface area contributed by atoms with Gasteiger partial charge in [0, 0.05) is 18.2 Å². The second kappa shape index (κ2) is 12.5. The Kier molecular flexibility index (Phi) is 9.49. The monoisotopic (exact) mass is 622 g/mol. The smallest absolute Gasteiger partial charge is 0.394 e. The summed E-state index contributed by atoms with van der Waals surface area (Å²) >= 11 is 11.6. The van der Waals surface area contributed by atoms with E-state index in [1.54, 1.807) is 0 Å². The molecule has 0 radical (unpaired) electrons. The van der Waals surface area contributed by atoms with Gasteiger partial charge in [-0.05, 0) is 42.8 Å². The lowest BCUT2D eigenvalue weighted by Crippen LogP contribution is -2.57. The number of amidine groups is 1. The second-order valence-corrected chi connectivity index (χ2v) is 10.3. The van der Waals surface area contributed by atoms with Gasteiger partial charge in [0.2, 0.25) is 0 Å². The van der Waals surface area contributed by atoms with Crippen LogP contribution < -0.4 is 4.90 Å². The lowest BCUT2D eigenvalue weighted by atomic mass is 9.93. The molecular weight excluding hydrogens is 598 g/mol. The van der Waals surface area contributed by atoms with Crippen LogP contribution in [0.15, 0.2) is 50.9 Å². The zero-order valence-corrected chi connectivity index (χ0v) is 23.0. The van der Waals surface area contributed by atoms with Crippen LogP contribution in [0.5, 0.6) is 0 Å². The minimum atomic E-state index is -4.73. The number of hydrogen-bond acceptors (Lipinski definition) is 8. The SMILES string of the molecule is C=N/N=C(/C)N(CC1CC(N2CC(c3cc(F)c(Cl)c(F)c3)N=N2)C(O)C(CO)O1)c1cc(Cl)ccc1C(F)(F)F. The van der Waals surface area contributed by atoms with Crippen LogP contribution in [-0.2, 0) is 10.9 Å². The van der Waals surface area contributed by atoms with Crippen LogP contribution in [0.3, 0.4) is 0 Å². The van der Waals surface area contributed by atoms with Crippen molar-refractivity contribution in [1.82, 2.24) is 5.01 Å². The van der Waals surface area contributed by atoms with E-state index in [1.807, 2.05) is 0 Å². The first-order chi connectivity index (χ1) is 19.3. The molecule has 41 heavy (non-hydrogen) atoms. The van der Waals surface area contributed by atoms with Crippen LogP contribution in [0.1, 0.15) is 30.5 Å². The van der Waals surface area contributed by atoms with Crippen LogP contribution in [0.4, 0.5) is 27.6 Å². The number of alkyl halides is 3. The van der Waals surface area contributed by atoms with Crippen LogP contribution in [0, 0.1) is 11.6 Å². The molecule has 1 fully saturated rings. The van der Waals surface area contributed by atoms with Gasteiger partial charge in [0.05, 0.1) is 43.1 Å². The number of hydrogen-bond donors (Lipinski definition) is 2. The fourth-order valence-electron chi connectivity index (χ4n) is 4.86. The summed E-state index contributed by atoms with van der Waals surface area (Å²) in [7, 11) is 0. The molecule has 2 aromatic rings. The Morgan fingerprint density at radius 2 is 1.90 bits per heavy atom. The van der Waals surface area contributed by atoms with E-state index in [9.17, 15) is 32.2 Å². The van der Waals surface area contributed by atoms with Gasteiger partial charge in [-0.3, -0.25) is 5.01 Å². The van der Waals surface area contributed by atoms with Crippen LogP contribution in [0.2, 0.25) is 10.0 Å². The van der Waals surface area contributed by atoms with Crippen molar-refractivity contribution in [1.29, 1.82) is 0 Å². The van der Waals surface area contributed by atoms with E-state index < -0.39 is 65.4 Å². The van der Waals surface area contributed by atoms with Crippen LogP contribution in [-0.4, -0.2) is 71.8 Å². The van der Waals surface area contributed by atoms with Crippen molar-refractivity contribution in [2.75, 3.05) is 24.6 Å². The third-order valence-electron chi connectivity index (χ3n) is 6.81. The van der Waals surface area contributed by atoms with E-state index in [4.69, 9.17) is 27.9 Å². The van der Waals surface area contributed by atoms with Crippen molar-refractivity contribution >= 4 is 41.4 Å². The number of aliphatic hydroxyl groups is 2. The average molecular weight is 623 g/mol. The molecule has 5 atom stereocenters. The van der Waals surface area contributed by atoms with E-state index in [-0.39, 0.29) is 41.6 Å². The van der Waals surface area contributed by atoms with Gasteiger partial charge < -0.3 is 19.8 Å². The predicted octanol–water partition coefficient (Wildman–Crippen LogP) is 5.43. The maximum absolute atomic E-state index is 14.0. The molecule has 16 heteroatoms. The van der Waals surface area contributed by atoms with Gasteiger partial charge in [-0.2, -0.15) is 23.4 Å². The second-order valence-electron chi connectivity index (χ2n) is 9.47. The Bertz CT molecular complexity index is 1320. The highest BCUT2D eigenvalue weighted by molar-refractivity contribution is 6.31. The standard InChI is InChI=1S/C25H25Cl2F5N6O3/c1-12(34-33-2)37(20-7-14(26)3-4-16(20)25(30,31)32)9-15-8-21(24(40)22(11-39)41-15)38-10-19(35-36-38)13-5-17(28)23(27)18(29)6-13/h3-7,15,19,21-22,24,39-40H,2,8-11H2,1H3/b34-12-. The largest absolute Gasteiger partial charge is 0.418 e. The lowest BCUT2D eigenvalue weighted by molar-refractivity contribution is -0.162. The summed E-state index contributed by atoms with van der Waals surface area (Å²) in [6.07, 6.45) is -7.97. The van der Waals surface area contributed by atoms with Crippen LogP contribution >= 0.6 is 23.2 Å². The number of halogens is 7. The lowest BCUT2D eigenvalue weighted by Gasteiger charge is -2.43. The molecule has 9 nitrogen and oxygen atoms in total. The van der Waals surface area contributed by atoms with Crippen molar-refractivity contribution in [2.45, 2.75) is 49.9 Å². The highest BCUT2D eigenvalue weighted by atomic mass is 35.5. The van der Waals surface area contributed by atoms with Gasteiger partial charge in [-0.15, -0.1) is 5.10 Å². The number of ether oxygens (including phenoxy) is 1. The van der Waals surface area contributed by atoms with Gasteiger partial charge >= 0.3 is 6.18 Å². The number of benzene rings is 2. The summed E-state index contributed by atoms with van der Waals surface area (Å²) in [5, 5.41) is 37.0. The molecule has 0 spiro atoms. The highest BCUT2D eigenvalue weighted by Gasteiger charge is 2.44. The summed E-state index contributed by atoms with van der Waals surface area (Å²) in [5.74, 6) is -1.88. The molecule has 1 saturated heterocycles. The molecule has 0 aromatic heterocycles. The minimum Gasteiger partial charge on any atom is -0.394 e. The molecule has 0 amide bonds.